The van der Waals surface area contributed by atoms with Crippen LogP contribution in [0, 0.1) is 5.92 Å². The predicted molar refractivity (Wildman–Crippen MR) is 43.2 cm³/mol. The molecule has 3 heteroatoms. The van der Waals surface area contributed by atoms with E-state index in [2.05, 4.69) is 5.48 Å². The van der Waals surface area contributed by atoms with Gasteiger partial charge >= 0.3 is 0 Å². The smallest absolute Gasteiger partial charge is 0.0915 e. The quantitative estimate of drug-likeness (QED) is 0.462. The van der Waals surface area contributed by atoms with Crippen molar-refractivity contribution in [2.45, 2.75) is 19.3 Å². The topological polar surface area (TPSA) is 30.5 Å². The summed E-state index contributed by atoms with van der Waals surface area (Å²) in [7, 11) is 1.68. The number of hydroxylamine groups is 1. The Morgan fingerprint density at radius 3 is 2.73 bits per heavy atom. The monoisotopic (exact) mass is 159 g/mol. The van der Waals surface area contributed by atoms with Gasteiger partial charge in [0.15, 0.2) is 0 Å². The van der Waals surface area contributed by atoms with Crippen LogP contribution < -0.4 is 5.48 Å². The van der Waals surface area contributed by atoms with Crippen LogP contribution in [0.4, 0.5) is 0 Å². The second-order valence-electron chi connectivity index (χ2n) is 2.99. The second-order valence-corrected chi connectivity index (χ2v) is 2.99. The highest BCUT2D eigenvalue weighted by atomic mass is 16.7. The molecular formula is C8H17NO2. The fraction of sp³-hybridized carbons (Fsp3) is 1.00. The molecule has 11 heavy (non-hydrogen) atoms. The molecule has 0 saturated heterocycles. The average Bonchev–Trinajstić information content (AvgIpc) is 1.93. The molecule has 0 amide bonds. The summed E-state index contributed by atoms with van der Waals surface area (Å²) in [6.45, 7) is 2.31. The molecule has 1 fully saturated rings. The predicted octanol–water partition coefficient (Wildman–Crippen LogP) is 0.954. The van der Waals surface area contributed by atoms with Gasteiger partial charge in [-0.3, -0.25) is 4.84 Å². The fourth-order valence-corrected chi connectivity index (χ4v) is 1.07. The van der Waals surface area contributed by atoms with E-state index in [4.69, 9.17) is 9.57 Å². The van der Waals surface area contributed by atoms with Crippen LogP contribution in [0.25, 0.3) is 0 Å². The standard InChI is InChI=1S/C8H17NO2/c1-10-5-6-11-9-7-8-3-2-4-8/h8-9H,2-7H2,1H3. The summed E-state index contributed by atoms with van der Waals surface area (Å²) in [6, 6.07) is 0. The van der Waals surface area contributed by atoms with Crippen molar-refractivity contribution in [2.24, 2.45) is 5.92 Å². The summed E-state index contributed by atoms with van der Waals surface area (Å²) in [5.74, 6) is 0.859. The number of ether oxygens (including phenoxy) is 1. The van der Waals surface area contributed by atoms with Crippen molar-refractivity contribution >= 4 is 0 Å². The minimum atomic E-state index is 0.642. The van der Waals surface area contributed by atoms with Crippen LogP contribution in [-0.4, -0.2) is 26.9 Å². The van der Waals surface area contributed by atoms with Crippen LogP contribution in [0.5, 0.6) is 0 Å². The Hall–Kier alpha value is -0.120. The molecule has 1 aliphatic carbocycles. The van der Waals surface area contributed by atoms with E-state index in [1.165, 1.54) is 19.3 Å². The molecule has 66 valence electrons. The molecule has 0 aromatic carbocycles. The zero-order valence-corrected chi connectivity index (χ0v) is 7.14. The SMILES string of the molecule is COCCONCC1CCC1. The van der Waals surface area contributed by atoms with Gasteiger partial charge < -0.3 is 4.74 Å². The Kier molecular flexibility index (Phi) is 4.50. The number of methoxy groups -OCH3 is 1. The van der Waals surface area contributed by atoms with Crippen molar-refractivity contribution < 1.29 is 9.57 Å². The van der Waals surface area contributed by atoms with Crippen LogP contribution in [0.15, 0.2) is 0 Å². The van der Waals surface area contributed by atoms with Gasteiger partial charge in [0.25, 0.3) is 0 Å². The van der Waals surface area contributed by atoms with Crippen LogP contribution in [0.2, 0.25) is 0 Å². The van der Waals surface area contributed by atoms with E-state index in [1.807, 2.05) is 0 Å². The molecule has 0 atom stereocenters. The minimum absolute atomic E-state index is 0.642. The van der Waals surface area contributed by atoms with Crippen LogP contribution in [0.1, 0.15) is 19.3 Å². The van der Waals surface area contributed by atoms with Crippen LogP contribution >= 0.6 is 0 Å². The molecule has 0 aromatic rings. The molecule has 1 aliphatic rings. The second kappa shape index (κ2) is 5.52. The summed E-state index contributed by atoms with van der Waals surface area (Å²) in [5.41, 5.74) is 2.94. The lowest BCUT2D eigenvalue weighted by atomic mass is 9.86. The first-order valence-corrected chi connectivity index (χ1v) is 4.27. The Labute approximate surface area is 68.0 Å². The molecule has 1 N–H and O–H groups in total. The molecule has 1 saturated carbocycles. The number of hydrogen-bond acceptors (Lipinski definition) is 3. The maximum absolute atomic E-state index is 5.11. The molecular weight excluding hydrogens is 142 g/mol. The lowest BCUT2D eigenvalue weighted by Crippen LogP contribution is -2.28. The summed E-state index contributed by atoms with van der Waals surface area (Å²) < 4.78 is 4.82. The zero-order chi connectivity index (χ0) is 7.94. The first-order valence-electron chi connectivity index (χ1n) is 4.27. The third-order valence-corrected chi connectivity index (χ3v) is 2.09. The molecule has 0 radical (unpaired) electrons. The van der Waals surface area contributed by atoms with Gasteiger partial charge in [0.2, 0.25) is 0 Å². The van der Waals surface area contributed by atoms with Crippen LogP contribution in [0.3, 0.4) is 0 Å². The molecule has 1 rings (SSSR count). The molecule has 0 spiro atoms. The van der Waals surface area contributed by atoms with Crippen molar-refractivity contribution in [3.8, 4) is 0 Å². The largest absolute Gasteiger partial charge is 0.382 e. The van der Waals surface area contributed by atoms with Gasteiger partial charge in [0.05, 0.1) is 13.2 Å². The molecule has 0 heterocycles. The van der Waals surface area contributed by atoms with E-state index in [0.717, 1.165) is 12.5 Å². The van der Waals surface area contributed by atoms with E-state index in [-0.39, 0.29) is 0 Å². The van der Waals surface area contributed by atoms with Gasteiger partial charge in [-0.25, -0.2) is 5.48 Å². The zero-order valence-electron chi connectivity index (χ0n) is 7.14. The highest BCUT2D eigenvalue weighted by molar-refractivity contribution is 4.69. The molecule has 3 nitrogen and oxygen atoms in total. The van der Waals surface area contributed by atoms with Crippen molar-refractivity contribution in [1.82, 2.24) is 5.48 Å². The summed E-state index contributed by atoms with van der Waals surface area (Å²) >= 11 is 0. The van der Waals surface area contributed by atoms with E-state index >= 15 is 0 Å². The van der Waals surface area contributed by atoms with Crippen molar-refractivity contribution in [1.29, 1.82) is 0 Å². The third-order valence-electron chi connectivity index (χ3n) is 2.09. The van der Waals surface area contributed by atoms with Gasteiger partial charge in [-0.05, 0) is 18.8 Å². The minimum Gasteiger partial charge on any atom is -0.382 e. The van der Waals surface area contributed by atoms with Crippen molar-refractivity contribution in [3.63, 3.8) is 0 Å². The molecule has 0 aliphatic heterocycles. The number of rotatable bonds is 6. The van der Waals surface area contributed by atoms with Gasteiger partial charge in [-0.1, -0.05) is 6.42 Å². The Morgan fingerprint density at radius 2 is 2.18 bits per heavy atom. The Balaban J connectivity index is 1.73. The lowest BCUT2D eigenvalue weighted by molar-refractivity contribution is -0.00430. The van der Waals surface area contributed by atoms with E-state index in [0.29, 0.717) is 13.2 Å². The normalized spacial score (nSPS) is 18.3. The first kappa shape index (κ1) is 8.97. The average molecular weight is 159 g/mol. The Morgan fingerprint density at radius 1 is 1.36 bits per heavy atom. The molecule has 0 aromatic heterocycles. The van der Waals surface area contributed by atoms with Crippen molar-refractivity contribution in [2.75, 3.05) is 26.9 Å². The summed E-state index contributed by atoms with van der Waals surface area (Å²) in [6.07, 6.45) is 4.12. The van der Waals surface area contributed by atoms with Crippen molar-refractivity contribution in [3.05, 3.63) is 0 Å². The number of hydrogen-bond donors (Lipinski definition) is 1. The Bertz CT molecular complexity index is 94.1. The van der Waals surface area contributed by atoms with Gasteiger partial charge in [-0.2, -0.15) is 0 Å². The third kappa shape index (κ3) is 3.70. The molecule has 0 unspecified atom stereocenters. The lowest BCUT2D eigenvalue weighted by Gasteiger charge is -2.24. The van der Waals surface area contributed by atoms with E-state index in [9.17, 15) is 0 Å². The summed E-state index contributed by atoms with van der Waals surface area (Å²) in [5, 5.41) is 0. The van der Waals surface area contributed by atoms with Gasteiger partial charge in [-0.15, -0.1) is 0 Å². The highest BCUT2D eigenvalue weighted by Gasteiger charge is 2.16. The maximum atomic E-state index is 5.11. The van der Waals surface area contributed by atoms with E-state index < -0.39 is 0 Å². The van der Waals surface area contributed by atoms with Gasteiger partial charge in [0, 0.05) is 13.7 Å². The highest BCUT2D eigenvalue weighted by Crippen LogP contribution is 2.24. The van der Waals surface area contributed by atoms with E-state index in [1.54, 1.807) is 7.11 Å². The van der Waals surface area contributed by atoms with Gasteiger partial charge in [0.1, 0.15) is 0 Å². The maximum Gasteiger partial charge on any atom is 0.0915 e. The number of nitrogens with one attached hydrogen (secondary N) is 1. The van der Waals surface area contributed by atoms with Crippen LogP contribution in [-0.2, 0) is 9.57 Å². The first-order chi connectivity index (χ1) is 5.43. The molecule has 0 bridgehead atoms. The summed E-state index contributed by atoms with van der Waals surface area (Å²) in [4.78, 5) is 5.11. The fourth-order valence-electron chi connectivity index (χ4n) is 1.07.